The summed E-state index contributed by atoms with van der Waals surface area (Å²) in [4.78, 5) is 21.6. The highest BCUT2D eigenvalue weighted by atomic mass is 32.2. The lowest BCUT2D eigenvalue weighted by Crippen LogP contribution is -2.46. The number of anilines is 1. The fraction of sp³-hybridized carbons (Fsp3) is 0.500. The highest BCUT2D eigenvalue weighted by Gasteiger charge is 2.28. The van der Waals surface area contributed by atoms with E-state index in [4.69, 9.17) is 9.47 Å². The van der Waals surface area contributed by atoms with Gasteiger partial charge in [0.1, 0.15) is 12.4 Å². The lowest BCUT2D eigenvalue weighted by molar-refractivity contribution is 0.00901. The van der Waals surface area contributed by atoms with Gasteiger partial charge in [0.15, 0.2) is 0 Å². The van der Waals surface area contributed by atoms with E-state index in [9.17, 15) is 13.2 Å². The van der Waals surface area contributed by atoms with Gasteiger partial charge in [-0.05, 0) is 37.1 Å². The summed E-state index contributed by atoms with van der Waals surface area (Å²) in [5, 5.41) is 0. The summed E-state index contributed by atoms with van der Waals surface area (Å²) >= 11 is 0. The predicted molar refractivity (Wildman–Crippen MR) is 131 cm³/mol. The van der Waals surface area contributed by atoms with Crippen LogP contribution in [-0.2, 0) is 21.3 Å². The molecule has 9 nitrogen and oxygen atoms in total. The van der Waals surface area contributed by atoms with Crippen molar-refractivity contribution in [2.24, 2.45) is 5.92 Å². The van der Waals surface area contributed by atoms with Crippen molar-refractivity contribution in [3.63, 3.8) is 0 Å². The Kier molecular flexibility index (Phi) is 8.51. The minimum absolute atomic E-state index is 0.00593. The molecule has 186 valence electrons. The Balaban J connectivity index is 1.96. The molecule has 1 amide bonds. The van der Waals surface area contributed by atoms with Crippen molar-refractivity contribution in [2.75, 3.05) is 44.8 Å². The number of aromatic nitrogens is 1. The van der Waals surface area contributed by atoms with Gasteiger partial charge in [-0.25, -0.2) is 8.42 Å². The molecule has 3 rings (SSSR count). The summed E-state index contributed by atoms with van der Waals surface area (Å²) < 4.78 is 37.8. The Labute approximate surface area is 202 Å². The lowest BCUT2D eigenvalue weighted by atomic mass is 10.0. The van der Waals surface area contributed by atoms with Crippen molar-refractivity contribution < 1.29 is 22.7 Å². The monoisotopic (exact) mass is 490 g/mol. The summed E-state index contributed by atoms with van der Waals surface area (Å²) in [5.41, 5.74) is 1.66. The van der Waals surface area contributed by atoms with E-state index in [0.717, 1.165) is 18.5 Å². The van der Waals surface area contributed by atoms with Crippen LogP contribution in [0, 0.1) is 5.92 Å². The van der Waals surface area contributed by atoms with Crippen LogP contribution in [0.5, 0.6) is 5.75 Å². The first-order valence-electron chi connectivity index (χ1n) is 11.2. The maximum atomic E-state index is 13.2. The molecule has 0 saturated carbocycles. The van der Waals surface area contributed by atoms with Gasteiger partial charge in [0.05, 0.1) is 29.3 Å². The van der Waals surface area contributed by atoms with Crippen molar-refractivity contribution >= 4 is 21.6 Å². The van der Waals surface area contributed by atoms with Crippen molar-refractivity contribution in [1.29, 1.82) is 0 Å². The van der Waals surface area contributed by atoms with Gasteiger partial charge in [-0.3, -0.25) is 19.4 Å². The van der Waals surface area contributed by atoms with Crippen molar-refractivity contribution in [3.8, 4) is 5.75 Å². The van der Waals surface area contributed by atoms with Crippen molar-refractivity contribution in [3.05, 3.63) is 53.9 Å². The highest BCUT2D eigenvalue weighted by molar-refractivity contribution is 7.92. The van der Waals surface area contributed by atoms with Gasteiger partial charge in [0.2, 0.25) is 10.0 Å². The molecular weight excluding hydrogens is 456 g/mol. The Hall–Kier alpha value is -2.69. The summed E-state index contributed by atoms with van der Waals surface area (Å²) in [6.45, 7) is 6.27. The van der Waals surface area contributed by atoms with Gasteiger partial charge in [-0.2, -0.15) is 0 Å². The molecule has 1 N–H and O–H groups in total. The number of hydrogen-bond acceptors (Lipinski definition) is 7. The van der Waals surface area contributed by atoms with E-state index >= 15 is 0 Å². The fourth-order valence-corrected chi connectivity index (χ4v) is 4.60. The van der Waals surface area contributed by atoms with Gasteiger partial charge in [0, 0.05) is 52.1 Å². The number of likely N-dealkylation sites (N-methyl/N-ethyl adjacent to an activating group) is 1. The number of benzene rings is 1. The second-order valence-corrected chi connectivity index (χ2v) is 10.7. The molecule has 0 spiro atoms. The van der Waals surface area contributed by atoms with E-state index in [1.807, 2.05) is 18.2 Å². The standard InChI is InChI=1S/C24H34N4O5S/c1-17-13-28(14-20-8-6-7-11-25-20)18(2)16-33-22-12-19(26-34(5,30)31)9-10-21(22)24(29)27(3)15-23(17)32-4/h6-12,17-18,23,26H,13-16H2,1-5H3/t17-,18+,23-/m1/s1. The molecule has 0 unspecified atom stereocenters. The second-order valence-electron chi connectivity index (χ2n) is 8.93. The molecular formula is C24H34N4O5S. The summed E-state index contributed by atoms with van der Waals surface area (Å²) in [6, 6.07) is 10.6. The molecule has 1 aliphatic rings. The minimum atomic E-state index is -3.47. The molecule has 34 heavy (non-hydrogen) atoms. The van der Waals surface area contributed by atoms with Crippen LogP contribution in [0.25, 0.3) is 0 Å². The van der Waals surface area contributed by atoms with E-state index < -0.39 is 10.0 Å². The molecule has 2 aromatic rings. The summed E-state index contributed by atoms with van der Waals surface area (Å²) in [6.07, 6.45) is 2.69. The maximum Gasteiger partial charge on any atom is 0.257 e. The molecule has 10 heteroatoms. The number of nitrogens with zero attached hydrogens (tertiary/aromatic N) is 3. The Bertz CT molecular complexity index is 1080. The number of hydrogen-bond donors (Lipinski definition) is 1. The Morgan fingerprint density at radius 3 is 2.62 bits per heavy atom. The normalized spacial score (nSPS) is 22.8. The van der Waals surface area contributed by atoms with Crippen LogP contribution in [0.15, 0.2) is 42.6 Å². The molecule has 1 aliphatic heterocycles. The average Bonchev–Trinajstić information content (AvgIpc) is 2.79. The number of fused-ring (bicyclic) bond motifs is 1. The third-order valence-corrected chi connectivity index (χ3v) is 6.58. The Morgan fingerprint density at radius 1 is 1.21 bits per heavy atom. The molecule has 0 aliphatic carbocycles. The smallest absolute Gasteiger partial charge is 0.257 e. The number of sulfonamides is 1. The van der Waals surface area contributed by atoms with Gasteiger partial charge in [-0.15, -0.1) is 0 Å². The van der Waals surface area contributed by atoms with E-state index in [1.165, 1.54) is 0 Å². The zero-order valence-corrected chi connectivity index (χ0v) is 21.2. The molecule has 0 fully saturated rings. The van der Waals surface area contributed by atoms with Crippen molar-refractivity contribution in [2.45, 2.75) is 32.5 Å². The van der Waals surface area contributed by atoms with E-state index in [1.54, 1.807) is 43.5 Å². The largest absolute Gasteiger partial charge is 0.491 e. The number of carbonyl (C=O) groups is 1. The number of methoxy groups -OCH3 is 1. The zero-order valence-electron chi connectivity index (χ0n) is 20.4. The molecule has 1 aromatic carbocycles. The lowest BCUT2D eigenvalue weighted by Gasteiger charge is -2.35. The number of carbonyl (C=O) groups excluding carboxylic acids is 1. The summed E-state index contributed by atoms with van der Waals surface area (Å²) in [5.74, 6) is 0.262. The third kappa shape index (κ3) is 6.91. The molecule has 0 radical (unpaired) electrons. The second kappa shape index (κ2) is 11.2. The number of rotatable bonds is 5. The van der Waals surface area contributed by atoms with Gasteiger partial charge < -0.3 is 14.4 Å². The first-order valence-corrected chi connectivity index (χ1v) is 13.1. The average molecular weight is 491 g/mol. The SMILES string of the molecule is CO[C@@H]1CN(C)C(=O)c2ccc(NS(C)(=O)=O)cc2OC[C@H](C)N(Cc2ccccn2)C[C@H]1C. The highest BCUT2D eigenvalue weighted by Crippen LogP contribution is 2.27. The first-order chi connectivity index (χ1) is 16.1. The van der Waals surface area contributed by atoms with E-state index in [-0.39, 0.29) is 24.0 Å². The number of nitrogens with one attached hydrogen (secondary N) is 1. The Morgan fingerprint density at radius 2 is 1.97 bits per heavy atom. The van der Waals surface area contributed by atoms with Gasteiger partial charge >= 0.3 is 0 Å². The quantitative estimate of drug-likeness (QED) is 0.687. The van der Waals surface area contributed by atoms with Crippen LogP contribution in [-0.4, -0.2) is 81.4 Å². The predicted octanol–water partition coefficient (Wildman–Crippen LogP) is 2.46. The molecule has 2 heterocycles. The molecule has 3 atom stereocenters. The molecule has 0 bridgehead atoms. The van der Waals surface area contributed by atoms with Crippen LogP contribution >= 0.6 is 0 Å². The van der Waals surface area contributed by atoms with E-state index in [0.29, 0.717) is 36.7 Å². The molecule has 1 aromatic heterocycles. The van der Waals surface area contributed by atoms with Crippen LogP contribution in [0.2, 0.25) is 0 Å². The number of ether oxygens (including phenoxy) is 2. The number of amides is 1. The van der Waals surface area contributed by atoms with Crippen LogP contribution < -0.4 is 9.46 Å². The van der Waals surface area contributed by atoms with Gasteiger partial charge in [-0.1, -0.05) is 13.0 Å². The minimum Gasteiger partial charge on any atom is -0.491 e. The topological polar surface area (TPSA) is 101 Å². The summed E-state index contributed by atoms with van der Waals surface area (Å²) in [7, 11) is -0.0771. The number of pyridine rings is 1. The zero-order chi connectivity index (χ0) is 24.9. The van der Waals surface area contributed by atoms with Crippen molar-refractivity contribution in [1.82, 2.24) is 14.8 Å². The fourth-order valence-electron chi connectivity index (χ4n) is 4.04. The molecule has 0 saturated heterocycles. The first kappa shape index (κ1) is 25.9. The van der Waals surface area contributed by atoms with Crippen LogP contribution in [0.1, 0.15) is 29.9 Å². The maximum absolute atomic E-state index is 13.2. The van der Waals surface area contributed by atoms with Crippen LogP contribution in [0.4, 0.5) is 5.69 Å². The van der Waals surface area contributed by atoms with E-state index in [2.05, 4.69) is 28.5 Å². The van der Waals surface area contributed by atoms with Crippen LogP contribution in [0.3, 0.4) is 0 Å². The third-order valence-electron chi connectivity index (χ3n) is 5.97. The van der Waals surface area contributed by atoms with Gasteiger partial charge in [0.25, 0.3) is 5.91 Å².